The van der Waals surface area contributed by atoms with Crippen molar-refractivity contribution in [2.24, 2.45) is 0 Å². The minimum atomic E-state index is -0.413. The number of anilines is 1. The number of hydrogen-bond donors (Lipinski definition) is 0. The molecule has 3 aromatic rings. The van der Waals surface area contributed by atoms with Crippen LogP contribution in [0.3, 0.4) is 0 Å². The Kier molecular flexibility index (Phi) is 6.22. The molecule has 9 nitrogen and oxygen atoms in total. The van der Waals surface area contributed by atoms with Crippen LogP contribution >= 0.6 is 15.9 Å². The molecule has 0 unspecified atom stereocenters. The van der Waals surface area contributed by atoms with Crippen LogP contribution in [-0.2, 0) is 16.1 Å². The predicted molar refractivity (Wildman–Crippen MR) is 111 cm³/mol. The summed E-state index contributed by atoms with van der Waals surface area (Å²) in [6.45, 7) is 2.91. The summed E-state index contributed by atoms with van der Waals surface area (Å²) >= 11 is 3.52. The van der Waals surface area contributed by atoms with Crippen LogP contribution in [0.15, 0.2) is 45.3 Å². The van der Waals surface area contributed by atoms with E-state index in [1.165, 1.54) is 6.92 Å². The highest BCUT2D eigenvalue weighted by Gasteiger charge is 2.22. The molecule has 0 saturated carbocycles. The average molecular weight is 474 g/mol. The number of carbonyl (C=O) groups is 1. The predicted octanol–water partition coefficient (Wildman–Crippen LogP) is 3.40. The Bertz CT molecular complexity index is 1000. The summed E-state index contributed by atoms with van der Waals surface area (Å²) < 4.78 is 17.4. The fourth-order valence-corrected chi connectivity index (χ4v) is 3.49. The van der Waals surface area contributed by atoms with E-state index in [4.69, 9.17) is 13.9 Å². The maximum Gasteiger partial charge on any atom is 0.303 e. The fraction of sp³-hybridized carbons (Fsp3) is 0.350. The van der Waals surface area contributed by atoms with Crippen LogP contribution in [0.4, 0.5) is 5.82 Å². The Morgan fingerprint density at radius 1 is 1.13 bits per heavy atom. The van der Waals surface area contributed by atoms with Gasteiger partial charge in [0, 0.05) is 32.9 Å². The van der Waals surface area contributed by atoms with E-state index >= 15 is 0 Å². The average Bonchev–Trinajstić information content (AvgIpc) is 3.24. The number of piperidine rings is 1. The van der Waals surface area contributed by atoms with Crippen LogP contribution in [0.5, 0.6) is 5.75 Å². The van der Waals surface area contributed by atoms with E-state index in [0.717, 1.165) is 42.0 Å². The largest absolute Gasteiger partial charge is 0.489 e. The lowest BCUT2D eigenvalue weighted by Crippen LogP contribution is -2.38. The number of benzene rings is 1. The lowest BCUT2D eigenvalue weighted by molar-refractivity contribution is -0.142. The SMILES string of the molecule is CC(=O)OCc1nnc(-c2ccc(N3CCC(Oc4ccccc4Br)CC3)nn2)o1. The van der Waals surface area contributed by atoms with E-state index in [9.17, 15) is 4.79 Å². The molecule has 1 fully saturated rings. The first-order valence-electron chi connectivity index (χ1n) is 9.54. The van der Waals surface area contributed by atoms with Gasteiger partial charge in [-0.3, -0.25) is 4.79 Å². The van der Waals surface area contributed by atoms with Crippen LogP contribution in [0, 0.1) is 0 Å². The quantitative estimate of drug-likeness (QED) is 0.497. The summed E-state index contributed by atoms with van der Waals surface area (Å²) in [7, 11) is 0. The number of para-hydroxylation sites is 1. The molecule has 30 heavy (non-hydrogen) atoms. The number of halogens is 1. The summed E-state index contributed by atoms with van der Waals surface area (Å²) in [6.07, 6.45) is 1.96. The number of rotatable bonds is 6. The lowest BCUT2D eigenvalue weighted by Gasteiger charge is -2.32. The third-order valence-corrected chi connectivity index (χ3v) is 5.29. The molecule has 0 N–H and O–H groups in total. The highest BCUT2D eigenvalue weighted by atomic mass is 79.9. The monoisotopic (exact) mass is 473 g/mol. The van der Waals surface area contributed by atoms with Crippen molar-refractivity contribution in [1.82, 2.24) is 20.4 Å². The molecule has 0 atom stereocenters. The lowest BCUT2D eigenvalue weighted by atomic mass is 10.1. The highest BCUT2D eigenvalue weighted by Crippen LogP contribution is 2.28. The molecule has 0 aliphatic carbocycles. The number of hydrogen-bond acceptors (Lipinski definition) is 9. The van der Waals surface area contributed by atoms with Crippen LogP contribution in [0.2, 0.25) is 0 Å². The molecule has 2 aromatic heterocycles. The zero-order chi connectivity index (χ0) is 20.9. The van der Waals surface area contributed by atoms with Gasteiger partial charge in [-0.05, 0) is 40.2 Å². The van der Waals surface area contributed by atoms with E-state index in [0.29, 0.717) is 5.69 Å². The van der Waals surface area contributed by atoms with Crippen LogP contribution in [-0.4, -0.2) is 45.6 Å². The molecule has 0 bridgehead atoms. The van der Waals surface area contributed by atoms with Crippen molar-refractivity contribution >= 4 is 27.7 Å². The number of nitrogens with zero attached hydrogens (tertiary/aromatic N) is 5. The summed E-state index contributed by atoms with van der Waals surface area (Å²) in [5.41, 5.74) is 0.465. The molecule has 1 aliphatic heterocycles. The summed E-state index contributed by atoms with van der Waals surface area (Å²) in [6, 6.07) is 11.6. The third-order valence-electron chi connectivity index (χ3n) is 4.63. The molecular formula is C20H20BrN5O4. The van der Waals surface area contributed by atoms with Crippen LogP contribution in [0.25, 0.3) is 11.6 Å². The minimum Gasteiger partial charge on any atom is -0.489 e. The second kappa shape index (κ2) is 9.21. The maximum atomic E-state index is 10.9. The van der Waals surface area contributed by atoms with Crippen molar-refractivity contribution in [3.05, 3.63) is 46.8 Å². The third kappa shape index (κ3) is 4.93. The fourth-order valence-electron chi connectivity index (χ4n) is 3.11. The molecule has 156 valence electrons. The molecule has 4 rings (SSSR count). The molecule has 1 aromatic carbocycles. The number of aromatic nitrogens is 4. The normalized spacial score (nSPS) is 14.5. The van der Waals surface area contributed by atoms with E-state index < -0.39 is 5.97 Å². The second-order valence-electron chi connectivity index (χ2n) is 6.79. The summed E-state index contributed by atoms with van der Waals surface area (Å²) in [5.74, 6) is 1.69. The first-order chi connectivity index (χ1) is 14.6. The van der Waals surface area contributed by atoms with Gasteiger partial charge in [-0.25, -0.2) is 0 Å². The van der Waals surface area contributed by atoms with Gasteiger partial charge >= 0.3 is 5.97 Å². The maximum absolute atomic E-state index is 10.9. The minimum absolute atomic E-state index is 0.0651. The zero-order valence-electron chi connectivity index (χ0n) is 16.3. The Morgan fingerprint density at radius 2 is 1.93 bits per heavy atom. The summed E-state index contributed by atoms with van der Waals surface area (Å²) in [5, 5.41) is 16.3. The van der Waals surface area contributed by atoms with Gasteiger partial charge in [0.25, 0.3) is 11.8 Å². The highest BCUT2D eigenvalue weighted by molar-refractivity contribution is 9.10. The van der Waals surface area contributed by atoms with Gasteiger partial charge in [-0.15, -0.1) is 20.4 Å². The van der Waals surface area contributed by atoms with Crippen molar-refractivity contribution in [2.45, 2.75) is 32.5 Å². The molecule has 0 radical (unpaired) electrons. The van der Waals surface area contributed by atoms with Crippen molar-refractivity contribution in [2.75, 3.05) is 18.0 Å². The van der Waals surface area contributed by atoms with Gasteiger partial charge in [0.1, 0.15) is 17.5 Å². The standard InChI is InChI=1S/C20H20BrN5O4/c1-13(27)28-12-19-24-25-20(30-19)16-6-7-18(23-22-16)26-10-8-14(9-11-26)29-17-5-3-2-4-15(17)21/h2-7,14H,8-12H2,1H3. The van der Waals surface area contributed by atoms with Crippen molar-refractivity contribution in [3.63, 3.8) is 0 Å². The first-order valence-corrected chi connectivity index (χ1v) is 10.3. The van der Waals surface area contributed by atoms with Crippen LogP contribution < -0.4 is 9.64 Å². The molecule has 10 heteroatoms. The first kappa shape index (κ1) is 20.3. The van der Waals surface area contributed by atoms with E-state index in [1.54, 1.807) is 6.07 Å². The molecule has 1 aliphatic rings. The van der Waals surface area contributed by atoms with Crippen molar-refractivity contribution < 1.29 is 18.7 Å². The van der Waals surface area contributed by atoms with Gasteiger partial charge in [0.2, 0.25) is 0 Å². The zero-order valence-corrected chi connectivity index (χ0v) is 17.9. The molecular weight excluding hydrogens is 454 g/mol. The topological polar surface area (TPSA) is 103 Å². The molecule has 0 amide bonds. The summed E-state index contributed by atoms with van der Waals surface area (Å²) in [4.78, 5) is 13.0. The molecule has 0 spiro atoms. The number of ether oxygens (including phenoxy) is 2. The van der Waals surface area contributed by atoms with Gasteiger partial charge in [-0.2, -0.15) is 0 Å². The molecule has 1 saturated heterocycles. The Balaban J connectivity index is 1.33. The van der Waals surface area contributed by atoms with Crippen molar-refractivity contribution in [3.8, 4) is 17.3 Å². The molecule has 3 heterocycles. The van der Waals surface area contributed by atoms with Gasteiger partial charge in [0.15, 0.2) is 12.4 Å². The van der Waals surface area contributed by atoms with E-state index in [-0.39, 0.29) is 24.5 Å². The second-order valence-corrected chi connectivity index (χ2v) is 7.65. The van der Waals surface area contributed by atoms with Gasteiger partial charge in [-0.1, -0.05) is 12.1 Å². The van der Waals surface area contributed by atoms with Crippen LogP contribution in [0.1, 0.15) is 25.7 Å². The van der Waals surface area contributed by atoms with Crippen molar-refractivity contribution in [1.29, 1.82) is 0 Å². The van der Waals surface area contributed by atoms with Gasteiger partial charge < -0.3 is 18.8 Å². The Morgan fingerprint density at radius 3 is 2.63 bits per heavy atom. The number of carbonyl (C=O) groups excluding carboxylic acids is 1. The number of esters is 1. The Labute approximate surface area is 181 Å². The van der Waals surface area contributed by atoms with Gasteiger partial charge in [0.05, 0.1) is 4.47 Å². The van der Waals surface area contributed by atoms with E-state index in [2.05, 4.69) is 41.2 Å². The van der Waals surface area contributed by atoms with E-state index in [1.807, 2.05) is 30.3 Å². The smallest absolute Gasteiger partial charge is 0.303 e. The Hall–Kier alpha value is -3.01.